The second-order valence-electron chi connectivity index (χ2n) is 7.70. The van der Waals surface area contributed by atoms with Crippen LogP contribution in [0.2, 0.25) is 0 Å². The van der Waals surface area contributed by atoms with Crippen LogP contribution >= 0.6 is 0 Å². The molecule has 3 atom stereocenters. The fourth-order valence-corrected chi connectivity index (χ4v) is 4.08. The minimum absolute atomic E-state index is 0. The van der Waals surface area contributed by atoms with Gasteiger partial charge in [-0.2, -0.15) is 0 Å². The van der Waals surface area contributed by atoms with Crippen molar-refractivity contribution >= 4 is 17.8 Å². The number of quaternary nitrogens is 1. The molecule has 30 heavy (non-hydrogen) atoms. The number of amides is 1. The van der Waals surface area contributed by atoms with E-state index in [0.29, 0.717) is 19.3 Å². The summed E-state index contributed by atoms with van der Waals surface area (Å²) in [6.45, 7) is 5.70. The molecule has 3 N–H and O–H groups in total. The first-order chi connectivity index (χ1) is 13.8. The smallest absolute Gasteiger partial charge is 0.544 e. The van der Waals surface area contributed by atoms with E-state index in [1.807, 2.05) is 13.8 Å². The molecule has 9 heteroatoms. The van der Waals surface area contributed by atoms with Crippen LogP contribution in [-0.2, 0) is 14.4 Å². The SMILES string of the molecule is CCCCCCC(=O)NCC[N+](CCO)(C(CCC)C(=O)[O-])C(CCC)C(=O)O.[Li+]. The Morgan fingerprint density at radius 1 is 0.933 bits per heavy atom. The van der Waals surface area contributed by atoms with Crippen molar-refractivity contribution in [1.82, 2.24) is 5.32 Å². The van der Waals surface area contributed by atoms with Gasteiger partial charge in [0.2, 0.25) is 5.91 Å². The van der Waals surface area contributed by atoms with Crippen LogP contribution in [0, 0.1) is 0 Å². The number of carboxylic acids is 2. The van der Waals surface area contributed by atoms with Gasteiger partial charge in [-0.25, -0.2) is 4.79 Å². The van der Waals surface area contributed by atoms with E-state index in [2.05, 4.69) is 12.2 Å². The van der Waals surface area contributed by atoms with Gasteiger partial charge in [0, 0.05) is 19.3 Å². The summed E-state index contributed by atoms with van der Waals surface area (Å²) in [5.74, 6) is -2.52. The molecule has 0 heterocycles. The van der Waals surface area contributed by atoms with Gasteiger partial charge in [-0.1, -0.05) is 46.5 Å². The van der Waals surface area contributed by atoms with Crippen LogP contribution in [0.25, 0.3) is 0 Å². The van der Waals surface area contributed by atoms with Crippen LogP contribution in [0.3, 0.4) is 0 Å². The zero-order chi connectivity index (χ0) is 22.3. The van der Waals surface area contributed by atoms with Crippen LogP contribution < -0.4 is 29.3 Å². The van der Waals surface area contributed by atoms with E-state index in [0.717, 1.165) is 25.7 Å². The van der Waals surface area contributed by atoms with Crippen LogP contribution in [0.15, 0.2) is 0 Å². The summed E-state index contributed by atoms with van der Waals surface area (Å²) >= 11 is 0. The summed E-state index contributed by atoms with van der Waals surface area (Å²) in [7, 11) is 0. The third-order valence-corrected chi connectivity index (χ3v) is 5.55. The molecule has 0 saturated carbocycles. The minimum atomic E-state index is -1.31. The van der Waals surface area contributed by atoms with Gasteiger partial charge in [-0.15, -0.1) is 0 Å². The molecule has 0 aromatic heterocycles. The number of hydrogen-bond acceptors (Lipinski definition) is 5. The Labute approximate surface area is 193 Å². The van der Waals surface area contributed by atoms with Gasteiger partial charge in [0.05, 0.1) is 25.7 Å². The van der Waals surface area contributed by atoms with Gasteiger partial charge in [-0.05, 0) is 12.8 Å². The number of aliphatic carboxylic acids is 2. The molecule has 0 aliphatic heterocycles. The molecule has 0 aliphatic rings. The van der Waals surface area contributed by atoms with Gasteiger partial charge in [-0.3, -0.25) is 4.79 Å². The molecule has 0 spiro atoms. The third-order valence-electron chi connectivity index (χ3n) is 5.55. The summed E-state index contributed by atoms with van der Waals surface area (Å²) in [6, 6.07) is -2.04. The Hall–Kier alpha value is -1.07. The van der Waals surface area contributed by atoms with E-state index in [9.17, 15) is 29.7 Å². The van der Waals surface area contributed by atoms with Crippen molar-refractivity contribution in [2.45, 2.75) is 90.6 Å². The van der Waals surface area contributed by atoms with Crippen molar-refractivity contribution in [3.63, 3.8) is 0 Å². The predicted molar refractivity (Wildman–Crippen MR) is 109 cm³/mol. The fourth-order valence-electron chi connectivity index (χ4n) is 4.08. The number of unbranched alkanes of at least 4 members (excludes halogenated alkanes) is 3. The van der Waals surface area contributed by atoms with E-state index in [1.165, 1.54) is 0 Å². The van der Waals surface area contributed by atoms with Crippen LogP contribution in [0.5, 0.6) is 0 Å². The zero-order valence-corrected chi connectivity index (χ0v) is 19.3. The van der Waals surface area contributed by atoms with E-state index in [1.54, 1.807) is 0 Å². The number of aliphatic hydroxyl groups excluding tert-OH is 1. The summed E-state index contributed by atoms with van der Waals surface area (Å²) in [5, 5.41) is 34.3. The van der Waals surface area contributed by atoms with Gasteiger partial charge in [0.15, 0.2) is 6.04 Å². The molecular weight excluding hydrogens is 383 g/mol. The monoisotopic (exact) mass is 423 g/mol. The van der Waals surface area contributed by atoms with E-state index >= 15 is 0 Å². The van der Waals surface area contributed by atoms with Crippen molar-refractivity contribution < 1.29 is 53.0 Å². The first-order valence-corrected chi connectivity index (χ1v) is 11.0. The van der Waals surface area contributed by atoms with Crippen LogP contribution in [0.1, 0.15) is 78.6 Å². The van der Waals surface area contributed by atoms with Crippen molar-refractivity contribution in [2.24, 2.45) is 0 Å². The Balaban J connectivity index is 0. The van der Waals surface area contributed by atoms with E-state index in [4.69, 9.17) is 0 Å². The largest absolute Gasteiger partial charge is 1.00 e. The molecule has 0 saturated heterocycles. The number of carboxylic acid groups (broad SMARTS) is 2. The quantitative estimate of drug-likeness (QED) is 0.134. The van der Waals surface area contributed by atoms with Crippen molar-refractivity contribution in [3.05, 3.63) is 0 Å². The zero-order valence-electron chi connectivity index (χ0n) is 19.3. The molecule has 3 unspecified atom stereocenters. The Morgan fingerprint density at radius 2 is 1.53 bits per heavy atom. The molecule has 0 bridgehead atoms. The summed E-state index contributed by atoms with van der Waals surface area (Å²) in [6.07, 6.45) is 5.98. The summed E-state index contributed by atoms with van der Waals surface area (Å²) in [4.78, 5) is 36.1. The van der Waals surface area contributed by atoms with E-state index < -0.39 is 24.0 Å². The first-order valence-electron chi connectivity index (χ1n) is 11.0. The number of aliphatic hydroxyl groups is 1. The standard InChI is InChI=1S/C21H40N2O6.Li/c1-4-7-8-9-12-19(25)22-13-14-23(15-16-24,17(10-5-2)20(26)27)18(11-6-3)21(28)29;/h17-18,24H,4-16H2,1-3H3,(H2-,22,25,26,27,28,29);/q;+1. The van der Waals surface area contributed by atoms with Gasteiger partial charge >= 0.3 is 24.8 Å². The fraction of sp³-hybridized carbons (Fsp3) is 0.857. The number of nitrogens with zero attached hydrogens (tertiary/aromatic N) is 1. The molecule has 0 aromatic carbocycles. The van der Waals surface area contributed by atoms with Gasteiger partial charge in [0.1, 0.15) is 12.6 Å². The number of nitrogens with one attached hydrogen (secondary N) is 1. The third kappa shape index (κ3) is 10.3. The molecule has 0 fully saturated rings. The average Bonchev–Trinajstić information content (AvgIpc) is 2.66. The number of hydrogen-bond donors (Lipinski definition) is 3. The van der Waals surface area contributed by atoms with Crippen LogP contribution in [-0.4, -0.2) is 70.9 Å². The number of carbonyl (C=O) groups excluding carboxylic acids is 2. The molecule has 0 radical (unpaired) electrons. The van der Waals surface area contributed by atoms with Crippen molar-refractivity contribution in [2.75, 3.05) is 26.2 Å². The topological polar surface area (TPSA) is 127 Å². The van der Waals surface area contributed by atoms with E-state index in [-0.39, 0.29) is 68.3 Å². The second-order valence-corrected chi connectivity index (χ2v) is 7.70. The summed E-state index contributed by atoms with van der Waals surface area (Å²) in [5.41, 5.74) is 0. The molecule has 1 amide bonds. The Bertz CT molecular complexity index is 480. The minimum Gasteiger partial charge on any atom is -0.544 e. The maximum atomic E-state index is 12.1. The average molecular weight is 424 g/mol. The maximum absolute atomic E-state index is 12.1. The van der Waals surface area contributed by atoms with Gasteiger partial charge < -0.3 is 29.9 Å². The Morgan fingerprint density at radius 3 is 2.00 bits per heavy atom. The molecule has 8 nitrogen and oxygen atoms in total. The molecule has 0 aromatic rings. The normalized spacial score (nSPS) is 14.8. The van der Waals surface area contributed by atoms with Crippen molar-refractivity contribution in [3.8, 4) is 0 Å². The molecule has 0 rings (SSSR count). The van der Waals surface area contributed by atoms with Crippen LogP contribution in [0.4, 0.5) is 0 Å². The number of carbonyl (C=O) groups is 3. The maximum Gasteiger partial charge on any atom is 1.00 e. The molecule has 170 valence electrons. The molecular formula is C21H40LiN2O6+. The first kappa shape index (κ1) is 31.1. The second kappa shape index (κ2) is 17.6. The predicted octanol–water partition coefficient (Wildman–Crippen LogP) is -1.94. The van der Waals surface area contributed by atoms with Gasteiger partial charge in [0.25, 0.3) is 0 Å². The molecule has 0 aliphatic carbocycles. The number of rotatable bonds is 18. The van der Waals surface area contributed by atoms with Crippen molar-refractivity contribution in [1.29, 1.82) is 0 Å². The summed E-state index contributed by atoms with van der Waals surface area (Å²) < 4.78 is -0.314. The Kier molecular flexibility index (Phi) is 18.2.